The third-order valence-electron chi connectivity index (χ3n) is 5.21. The number of rotatable bonds is 6. The maximum absolute atomic E-state index is 13.8. The highest BCUT2D eigenvalue weighted by molar-refractivity contribution is 7.93. The molecule has 0 radical (unpaired) electrons. The summed E-state index contributed by atoms with van der Waals surface area (Å²) in [6.45, 7) is 0.232. The summed E-state index contributed by atoms with van der Waals surface area (Å²) in [4.78, 5) is 25.4. The van der Waals surface area contributed by atoms with Gasteiger partial charge < -0.3 is 10.6 Å². The van der Waals surface area contributed by atoms with Crippen LogP contribution in [0.1, 0.15) is 12.0 Å². The van der Waals surface area contributed by atoms with Gasteiger partial charge in [-0.1, -0.05) is 77.3 Å². The molecule has 1 aliphatic rings. The quantitative estimate of drug-likeness (QED) is 0.438. The minimum atomic E-state index is -4.42. The first-order valence-electron chi connectivity index (χ1n) is 10.1. The molecule has 3 aromatic carbocycles. The minimum Gasteiger partial charge on any atom is -0.352 e. The summed E-state index contributed by atoms with van der Waals surface area (Å²) in [5, 5.41) is 5.30. The van der Waals surface area contributed by atoms with Gasteiger partial charge in [-0.25, -0.2) is 8.42 Å². The van der Waals surface area contributed by atoms with Crippen molar-refractivity contribution in [2.24, 2.45) is 0 Å². The van der Waals surface area contributed by atoms with E-state index in [1.807, 2.05) is 30.3 Å². The zero-order chi connectivity index (χ0) is 24.5. The van der Waals surface area contributed by atoms with E-state index in [-0.39, 0.29) is 37.9 Å². The summed E-state index contributed by atoms with van der Waals surface area (Å²) in [6, 6.07) is 16.6. The van der Waals surface area contributed by atoms with E-state index in [1.165, 1.54) is 12.1 Å². The van der Waals surface area contributed by atoms with Crippen LogP contribution in [0.2, 0.25) is 15.1 Å². The van der Waals surface area contributed by atoms with Gasteiger partial charge in [-0.2, -0.15) is 0 Å². The van der Waals surface area contributed by atoms with Crippen LogP contribution < -0.4 is 14.9 Å². The molecule has 0 saturated carbocycles. The Bertz CT molecular complexity index is 1370. The van der Waals surface area contributed by atoms with Crippen molar-refractivity contribution >= 4 is 68.0 Å². The van der Waals surface area contributed by atoms with Crippen LogP contribution in [-0.2, 0) is 26.2 Å². The lowest BCUT2D eigenvalue weighted by atomic mass is 10.1. The Morgan fingerprint density at radius 1 is 0.941 bits per heavy atom. The molecule has 0 fully saturated rings. The topological polar surface area (TPSA) is 95.6 Å². The van der Waals surface area contributed by atoms with Gasteiger partial charge in [-0.15, -0.1) is 0 Å². The van der Waals surface area contributed by atoms with Crippen molar-refractivity contribution in [1.29, 1.82) is 0 Å². The highest BCUT2D eigenvalue weighted by atomic mass is 35.5. The minimum absolute atomic E-state index is 0.0171. The molecule has 1 atom stereocenters. The fourth-order valence-electron chi connectivity index (χ4n) is 3.59. The number of sulfonamides is 1. The van der Waals surface area contributed by atoms with Crippen LogP contribution >= 0.6 is 34.8 Å². The molecular weight excluding hydrogens is 521 g/mol. The number of nitrogens with zero attached hydrogens (tertiary/aromatic N) is 1. The largest absolute Gasteiger partial charge is 0.352 e. The molecule has 0 aliphatic carbocycles. The molecule has 1 aliphatic heterocycles. The van der Waals surface area contributed by atoms with Gasteiger partial charge in [0.2, 0.25) is 11.8 Å². The number of halogens is 3. The molecule has 4 rings (SSSR count). The zero-order valence-corrected chi connectivity index (χ0v) is 20.5. The van der Waals surface area contributed by atoms with E-state index in [0.717, 1.165) is 15.9 Å². The van der Waals surface area contributed by atoms with Crippen molar-refractivity contribution < 1.29 is 18.0 Å². The van der Waals surface area contributed by atoms with Crippen molar-refractivity contribution in [3.05, 3.63) is 87.4 Å². The van der Waals surface area contributed by atoms with Crippen molar-refractivity contribution in [2.75, 3.05) is 9.62 Å². The van der Waals surface area contributed by atoms with Gasteiger partial charge >= 0.3 is 0 Å². The molecule has 176 valence electrons. The lowest BCUT2D eigenvalue weighted by Crippen LogP contribution is -2.52. The monoisotopic (exact) mass is 537 g/mol. The van der Waals surface area contributed by atoms with Crippen molar-refractivity contribution in [3.63, 3.8) is 0 Å². The van der Waals surface area contributed by atoms with Crippen molar-refractivity contribution in [1.82, 2.24) is 5.32 Å². The summed E-state index contributed by atoms with van der Waals surface area (Å²) in [7, 11) is -4.42. The van der Waals surface area contributed by atoms with Crippen LogP contribution in [0, 0.1) is 0 Å². The molecule has 1 heterocycles. The average Bonchev–Trinajstić information content (AvgIpc) is 2.81. The van der Waals surface area contributed by atoms with Gasteiger partial charge in [0.15, 0.2) is 0 Å². The molecular formula is C23H18Cl3N3O4S. The summed E-state index contributed by atoms with van der Waals surface area (Å²) >= 11 is 18.2. The lowest BCUT2D eigenvalue weighted by Gasteiger charge is -2.36. The standard InChI is InChI=1S/C23H18Cl3N3O4S/c24-15-10-17(26)21(11-16(15)25)34(32,33)29-19-9-5-4-8-18(19)28-23(31)20(29)12-22(30)27-13-14-6-2-1-3-7-14/h1-11,20H,12-13H2,(H,27,30)(H,28,31). The Balaban J connectivity index is 1.71. The van der Waals surface area contributed by atoms with E-state index in [1.54, 1.807) is 18.2 Å². The highest BCUT2D eigenvalue weighted by Gasteiger charge is 2.42. The number of carbonyl (C=O) groups excluding carboxylic acids is 2. The first-order valence-corrected chi connectivity index (χ1v) is 12.7. The zero-order valence-electron chi connectivity index (χ0n) is 17.5. The number of benzene rings is 3. The Labute approximate surface area is 211 Å². The van der Waals surface area contributed by atoms with E-state index in [2.05, 4.69) is 10.6 Å². The molecule has 11 heteroatoms. The van der Waals surface area contributed by atoms with Crippen LogP contribution in [0.3, 0.4) is 0 Å². The van der Waals surface area contributed by atoms with Gasteiger partial charge in [0.1, 0.15) is 10.9 Å². The normalized spacial score (nSPS) is 15.4. The molecule has 2 amide bonds. The fourth-order valence-corrected chi connectivity index (χ4v) is 6.20. The first-order chi connectivity index (χ1) is 16.2. The van der Waals surface area contributed by atoms with E-state index in [9.17, 15) is 18.0 Å². The number of carbonyl (C=O) groups is 2. The van der Waals surface area contributed by atoms with Gasteiger partial charge in [0.05, 0.1) is 32.9 Å². The summed E-state index contributed by atoms with van der Waals surface area (Å²) < 4.78 is 28.5. The van der Waals surface area contributed by atoms with Gasteiger partial charge in [-0.3, -0.25) is 13.9 Å². The van der Waals surface area contributed by atoms with E-state index >= 15 is 0 Å². The number of para-hydroxylation sites is 2. The molecule has 1 unspecified atom stereocenters. The number of fused-ring (bicyclic) bond motifs is 1. The number of amides is 2. The second kappa shape index (κ2) is 9.84. The molecule has 3 aromatic rings. The number of hydrogen-bond acceptors (Lipinski definition) is 4. The Morgan fingerprint density at radius 2 is 1.59 bits per heavy atom. The van der Waals surface area contributed by atoms with Crippen LogP contribution in [0.25, 0.3) is 0 Å². The number of anilines is 2. The molecule has 7 nitrogen and oxygen atoms in total. The SMILES string of the molecule is O=C(CC1C(=O)Nc2ccccc2N1S(=O)(=O)c1cc(Cl)c(Cl)cc1Cl)NCc1ccccc1. The van der Waals surface area contributed by atoms with E-state index in [4.69, 9.17) is 34.8 Å². The predicted octanol–water partition coefficient (Wildman–Crippen LogP) is 4.87. The summed E-state index contributed by atoms with van der Waals surface area (Å²) in [5.41, 5.74) is 1.35. The second-order valence-electron chi connectivity index (χ2n) is 7.49. The van der Waals surface area contributed by atoms with Gasteiger partial charge in [-0.05, 0) is 29.8 Å². The van der Waals surface area contributed by atoms with Gasteiger partial charge in [0.25, 0.3) is 10.0 Å². The molecule has 34 heavy (non-hydrogen) atoms. The number of nitrogens with one attached hydrogen (secondary N) is 2. The van der Waals surface area contributed by atoms with E-state index < -0.39 is 34.3 Å². The predicted molar refractivity (Wildman–Crippen MR) is 133 cm³/mol. The first kappa shape index (κ1) is 24.3. The fraction of sp³-hybridized carbons (Fsp3) is 0.130. The number of hydrogen-bond donors (Lipinski definition) is 2. The second-order valence-corrected chi connectivity index (χ2v) is 10.5. The molecule has 0 saturated heterocycles. The third-order valence-corrected chi connectivity index (χ3v) is 8.22. The van der Waals surface area contributed by atoms with Crippen LogP contribution in [0.5, 0.6) is 0 Å². The molecule has 0 aromatic heterocycles. The third kappa shape index (κ3) is 4.86. The van der Waals surface area contributed by atoms with Crippen molar-refractivity contribution in [2.45, 2.75) is 23.9 Å². The Morgan fingerprint density at radius 3 is 2.32 bits per heavy atom. The Hall–Kier alpha value is -2.78. The average molecular weight is 539 g/mol. The maximum atomic E-state index is 13.8. The van der Waals surface area contributed by atoms with E-state index in [0.29, 0.717) is 0 Å². The van der Waals surface area contributed by atoms with Crippen LogP contribution in [0.4, 0.5) is 11.4 Å². The molecule has 2 N–H and O–H groups in total. The van der Waals surface area contributed by atoms with Gasteiger partial charge in [0, 0.05) is 6.54 Å². The van der Waals surface area contributed by atoms with Crippen LogP contribution in [0.15, 0.2) is 71.6 Å². The molecule has 0 bridgehead atoms. The molecule has 0 spiro atoms. The Kier molecular flexibility index (Phi) is 7.04. The van der Waals surface area contributed by atoms with Crippen LogP contribution in [-0.4, -0.2) is 26.3 Å². The van der Waals surface area contributed by atoms with Crippen molar-refractivity contribution in [3.8, 4) is 0 Å². The highest BCUT2D eigenvalue weighted by Crippen LogP contribution is 2.40. The smallest absolute Gasteiger partial charge is 0.266 e. The maximum Gasteiger partial charge on any atom is 0.266 e. The summed E-state index contributed by atoms with van der Waals surface area (Å²) in [6.07, 6.45) is -0.412. The lowest BCUT2D eigenvalue weighted by molar-refractivity contribution is -0.125. The summed E-state index contributed by atoms with van der Waals surface area (Å²) in [5.74, 6) is -1.14.